The zero-order valence-corrected chi connectivity index (χ0v) is 11.9. The van der Waals surface area contributed by atoms with E-state index in [1.807, 2.05) is 12.4 Å². The van der Waals surface area contributed by atoms with Crippen LogP contribution in [0.5, 0.6) is 0 Å². The molecule has 1 aromatic heterocycles. The third-order valence-corrected chi connectivity index (χ3v) is 3.59. The molecule has 5 nitrogen and oxygen atoms in total. The molecule has 0 aliphatic carbocycles. The van der Waals surface area contributed by atoms with E-state index in [0.717, 1.165) is 44.3 Å². The molecule has 1 aromatic rings. The number of rotatable bonds is 6. The molecule has 2 rings (SSSR count). The molecule has 1 fully saturated rings. The first kappa shape index (κ1) is 14.2. The summed E-state index contributed by atoms with van der Waals surface area (Å²) in [6.45, 7) is 6.81. The molecule has 0 radical (unpaired) electrons. The highest BCUT2D eigenvalue weighted by molar-refractivity contribution is 5.36. The first-order valence-electron chi connectivity index (χ1n) is 7.09. The van der Waals surface area contributed by atoms with Crippen LogP contribution < -0.4 is 10.2 Å². The van der Waals surface area contributed by atoms with Crippen molar-refractivity contribution in [2.45, 2.75) is 26.3 Å². The molecule has 1 aliphatic rings. The Morgan fingerprint density at radius 1 is 1.32 bits per heavy atom. The van der Waals surface area contributed by atoms with Gasteiger partial charge in [-0.15, -0.1) is 0 Å². The highest BCUT2D eigenvalue weighted by Crippen LogP contribution is 2.21. The summed E-state index contributed by atoms with van der Waals surface area (Å²) in [5.74, 6) is 1.69. The van der Waals surface area contributed by atoms with Crippen molar-refractivity contribution in [2.75, 3.05) is 38.3 Å². The van der Waals surface area contributed by atoms with Crippen molar-refractivity contribution >= 4 is 5.82 Å². The lowest BCUT2D eigenvalue weighted by Gasteiger charge is -2.32. The number of methoxy groups -OCH3 is 1. The van der Waals surface area contributed by atoms with Gasteiger partial charge in [-0.05, 0) is 25.3 Å². The largest absolute Gasteiger partial charge is 0.384 e. The quantitative estimate of drug-likeness (QED) is 0.843. The van der Waals surface area contributed by atoms with E-state index in [0.29, 0.717) is 5.92 Å². The van der Waals surface area contributed by atoms with Crippen molar-refractivity contribution in [1.29, 1.82) is 0 Å². The van der Waals surface area contributed by atoms with Gasteiger partial charge in [0.25, 0.3) is 0 Å². The third-order valence-electron chi connectivity index (χ3n) is 3.59. The predicted molar refractivity (Wildman–Crippen MR) is 76.2 cm³/mol. The average molecular weight is 264 g/mol. The minimum absolute atomic E-state index is 0.697. The molecule has 0 unspecified atom stereocenters. The molecule has 0 amide bonds. The standard InChI is InChI=1S/C14H24N4O/c1-3-15-8-13-9-17-14(10-16-13)18-6-4-12(5-7-18)11-19-2/h9-10,12,15H,3-8,11H2,1-2H3. The summed E-state index contributed by atoms with van der Waals surface area (Å²) >= 11 is 0. The van der Waals surface area contributed by atoms with Gasteiger partial charge >= 0.3 is 0 Å². The smallest absolute Gasteiger partial charge is 0.147 e. The van der Waals surface area contributed by atoms with Gasteiger partial charge in [-0.1, -0.05) is 6.92 Å². The third kappa shape index (κ3) is 4.14. The van der Waals surface area contributed by atoms with Crippen molar-refractivity contribution in [3.63, 3.8) is 0 Å². The molecule has 0 atom stereocenters. The average Bonchev–Trinajstić information content (AvgIpc) is 2.47. The van der Waals surface area contributed by atoms with Crippen LogP contribution in [0.1, 0.15) is 25.5 Å². The number of hydrogen-bond acceptors (Lipinski definition) is 5. The zero-order valence-electron chi connectivity index (χ0n) is 11.9. The molecular formula is C14H24N4O. The van der Waals surface area contributed by atoms with Crippen LogP contribution in [-0.2, 0) is 11.3 Å². The number of ether oxygens (including phenoxy) is 1. The number of nitrogens with one attached hydrogen (secondary N) is 1. The maximum atomic E-state index is 5.22. The van der Waals surface area contributed by atoms with Gasteiger partial charge in [0.15, 0.2) is 0 Å². The molecule has 0 spiro atoms. The monoisotopic (exact) mass is 264 g/mol. The molecule has 1 N–H and O–H groups in total. The highest BCUT2D eigenvalue weighted by atomic mass is 16.5. The Labute approximate surface area is 115 Å². The van der Waals surface area contributed by atoms with Crippen molar-refractivity contribution in [3.05, 3.63) is 18.1 Å². The van der Waals surface area contributed by atoms with Crippen molar-refractivity contribution < 1.29 is 4.74 Å². The van der Waals surface area contributed by atoms with E-state index in [-0.39, 0.29) is 0 Å². The second-order valence-electron chi connectivity index (χ2n) is 5.03. The van der Waals surface area contributed by atoms with Gasteiger partial charge in [-0.25, -0.2) is 4.98 Å². The first-order valence-corrected chi connectivity index (χ1v) is 7.09. The van der Waals surface area contributed by atoms with Gasteiger partial charge in [0.1, 0.15) is 5.82 Å². The molecule has 0 bridgehead atoms. The van der Waals surface area contributed by atoms with Crippen LogP contribution in [0.3, 0.4) is 0 Å². The summed E-state index contributed by atoms with van der Waals surface area (Å²) in [6.07, 6.45) is 6.12. The van der Waals surface area contributed by atoms with Gasteiger partial charge in [0.2, 0.25) is 0 Å². The molecule has 1 aliphatic heterocycles. The Kier molecular flexibility index (Phi) is 5.54. The summed E-state index contributed by atoms with van der Waals surface area (Å²) in [5.41, 5.74) is 1.000. The Morgan fingerprint density at radius 2 is 2.11 bits per heavy atom. The molecule has 0 aromatic carbocycles. The number of nitrogens with zero attached hydrogens (tertiary/aromatic N) is 3. The summed E-state index contributed by atoms with van der Waals surface area (Å²) in [6, 6.07) is 0. The minimum Gasteiger partial charge on any atom is -0.384 e. The van der Waals surface area contributed by atoms with E-state index in [1.165, 1.54) is 12.8 Å². The fraction of sp³-hybridized carbons (Fsp3) is 0.714. The molecule has 5 heteroatoms. The number of piperidine rings is 1. The summed E-state index contributed by atoms with van der Waals surface area (Å²) in [5, 5.41) is 3.25. The van der Waals surface area contributed by atoms with Crippen LogP contribution in [0.4, 0.5) is 5.82 Å². The summed E-state index contributed by atoms with van der Waals surface area (Å²) in [4.78, 5) is 11.3. The lowest BCUT2D eigenvalue weighted by molar-refractivity contribution is 0.139. The Balaban J connectivity index is 1.85. The van der Waals surface area contributed by atoms with E-state index in [9.17, 15) is 0 Å². The fourth-order valence-corrected chi connectivity index (χ4v) is 2.42. The van der Waals surface area contributed by atoms with Crippen molar-refractivity contribution in [1.82, 2.24) is 15.3 Å². The van der Waals surface area contributed by atoms with Crippen molar-refractivity contribution in [2.24, 2.45) is 5.92 Å². The van der Waals surface area contributed by atoms with Crippen LogP contribution in [0.15, 0.2) is 12.4 Å². The Hall–Kier alpha value is -1.20. The van der Waals surface area contributed by atoms with Crippen molar-refractivity contribution in [3.8, 4) is 0 Å². The maximum absolute atomic E-state index is 5.22. The van der Waals surface area contributed by atoms with E-state index in [2.05, 4.69) is 27.1 Å². The fourth-order valence-electron chi connectivity index (χ4n) is 2.42. The lowest BCUT2D eigenvalue weighted by atomic mass is 9.98. The second-order valence-corrected chi connectivity index (χ2v) is 5.03. The van der Waals surface area contributed by atoms with Gasteiger partial charge in [-0.3, -0.25) is 4.98 Å². The highest BCUT2D eigenvalue weighted by Gasteiger charge is 2.20. The maximum Gasteiger partial charge on any atom is 0.147 e. The lowest BCUT2D eigenvalue weighted by Crippen LogP contribution is -2.35. The molecule has 19 heavy (non-hydrogen) atoms. The van der Waals surface area contributed by atoms with Gasteiger partial charge in [0, 0.05) is 33.4 Å². The van der Waals surface area contributed by atoms with E-state index in [1.54, 1.807) is 7.11 Å². The van der Waals surface area contributed by atoms with Gasteiger partial charge in [-0.2, -0.15) is 0 Å². The Bertz CT molecular complexity index is 360. The Morgan fingerprint density at radius 3 is 2.68 bits per heavy atom. The van der Waals surface area contributed by atoms with Crippen LogP contribution in [0.2, 0.25) is 0 Å². The van der Waals surface area contributed by atoms with Crippen LogP contribution >= 0.6 is 0 Å². The normalized spacial score (nSPS) is 16.8. The van der Waals surface area contributed by atoms with E-state index < -0.39 is 0 Å². The SMILES string of the molecule is CCNCc1cnc(N2CCC(COC)CC2)cn1. The van der Waals surface area contributed by atoms with E-state index >= 15 is 0 Å². The van der Waals surface area contributed by atoms with Crippen LogP contribution in [0, 0.1) is 5.92 Å². The second kappa shape index (κ2) is 7.40. The summed E-state index contributed by atoms with van der Waals surface area (Å²) < 4.78 is 5.22. The first-order chi connectivity index (χ1) is 9.33. The summed E-state index contributed by atoms with van der Waals surface area (Å²) in [7, 11) is 1.78. The zero-order chi connectivity index (χ0) is 13.5. The van der Waals surface area contributed by atoms with Gasteiger partial charge < -0.3 is 15.0 Å². The molecule has 106 valence electrons. The predicted octanol–water partition coefficient (Wildman–Crippen LogP) is 1.45. The van der Waals surface area contributed by atoms with E-state index in [4.69, 9.17) is 4.74 Å². The minimum atomic E-state index is 0.697. The molecule has 1 saturated heterocycles. The topological polar surface area (TPSA) is 50.3 Å². The number of anilines is 1. The van der Waals surface area contributed by atoms with Crippen LogP contribution in [-0.4, -0.2) is 43.3 Å². The van der Waals surface area contributed by atoms with Gasteiger partial charge in [0.05, 0.1) is 18.1 Å². The number of hydrogen-bond donors (Lipinski definition) is 1. The molecular weight excluding hydrogens is 240 g/mol. The molecule has 2 heterocycles. The number of aromatic nitrogens is 2. The van der Waals surface area contributed by atoms with Crippen LogP contribution in [0.25, 0.3) is 0 Å². The molecule has 0 saturated carbocycles.